The molecule has 0 unspecified atom stereocenters. The van der Waals surface area contributed by atoms with Crippen LogP contribution in [0, 0.1) is 0 Å². The van der Waals surface area contributed by atoms with Crippen LogP contribution in [0.1, 0.15) is 55.8 Å². The quantitative estimate of drug-likeness (QED) is 0.719. The molecule has 5 heteroatoms. The zero-order valence-corrected chi connectivity index (χ0v) is 14.4. The fourth-order valence-corrected chi connectivity index (χ4v) is 3.10. The third-order valence-corrected chi connectivity index (χ3v) is 4.33. The van der Waals surface area contributed by atoms with E-state index in [1.165, 1.54) is 6.42 Å². The Balaban J connectivity index is 1.65. The molecule has 0 spiro atoms. The second kappa shape index (κ2) is 10.1. The topological polar surface area (TPSA) is 67.4 Å². The van der Waals surface area contributed by atoms with Crippen molar-refractivity contribution in [3.8, 4) is 0 Å². The van der Waals surface area contributed by atoms with Crippen LogP contribution in [-0.2, 0) is 9.53 Å². The van der Waals surface area contributed by atoms with Gasteiger partial charge in [-0.15, -0.1) is 0 Å². The number of hydrogen-bond acceptors (Lipinski definition) is 3. The van der Waals surface area contributed by atoms with E-state index in [1.54, 1.807) is 12.1 Å². The molecule has 1 aliphatic rings. The van der Waals surface area contributed by atoms with Crippen LogP contribution >= 0.6 is 0 Å². The van der Waals surface area contributed by atoms with Crippen molar-refractivity contribution in [2.24, 2.45) is 0 Å². The Hall–Kier alpha value is -1.88. The average Bonchev–Trinajstić information content (AvgIpc) is 2.61. The SMILES string of the molecule is CCO[C@@H]1CCCC[C@H]1NC(=O)CCCNC(=O)c1ccccc1. The molecule has 132 valence electrons. The summed E-state index contributed by atoms with van der Waals surface area (Å²) < 4.78 is 5.73. The van der Waals surface area contributed by atoms with Crippen LogP contribution in [0.25, 0.3) is 0 Å². The molecular formula is C19H28N2O3. The van der Waals surface area contributed by atoms with Gasteiger partial charge in [-0.1, -0.05) is 31.0 Å². The molecule has 1 fully saturated rings. The predicted octanol–water partition coefficient (Wildman–Crippen LogP) is 2.66. The van der Waals surface area contributed by atoms with Crippen LogP contribution < -0.4 is 10.6 Å². The van der Waals surface area contributed by atoms with Crippen molar-refractivity contribution in [3.05, 3.63) is 35.9 Å². The molecule has 0 saturated heterocycles. The predicted molar refractivity (Wildman–Crippen MR) is 93.8 cm³/mol. The monoisotopic (exact) mass is 332 g/mol. The first kappa shape index (κ1) is 18.5. The standard InChI is InChI=1S/C19H28N2O3/c1-2-24-17-12-7-6-11-16(17)21-18(22)13-8-14-20-19(23)15-9-4-3-5-10-15/h3-5,9-10,16-17H,2,6-8,11-14H2,1H3,(H,20,23)(H,21,22)/t16-,17-/m1/s1. The van der Waals surface area contributed by atoms with Crippen LogP contribution in [0.5, 0.6) is 0 Å². The van der Waals surface area contributed by atoms with Gasteiger partial charge in [0.05, 0.1) is 12.1 Å². The van der Waals surface area contributed by atoms with Gasteiger partial charge >= 0.3 is 0 Å². The molecule has 5 nitrogen and oxygen atoms in total. The lowest BCUT2D eigenvalue weighted by atomic mass is 9.92. The van der Waals surface area contributed by atoms with Crippen LogP contribution in [0.15, 0.2) is 30.3 Å². The Bertz CT molecular complexity index is 517. The summed E-state index contributed by atoms with van der Waals surface area (Å²) in [6.07, 6.45) is 5.52. The van der Waals surface area contributed by atoms with E-state index < -0.39 is 0 Å². The molecule has 2 rings (SSSR count). The van der Waals surface area contributed by atoms with Gasteiger partial charge in [0.15, 0.2) is 0 Å². The van der Waals surface area contributed by atoms with E-state index in [0.717, 1.165) is 19.3 Å². The highest BCUT2D eigenvalue weighted by atomic mass is 16.5. The van der Waals surface area contributed by atoms with Gasteiger partial charge < -0.3 is 15.4 Å². The summed E-state index contributed by atoms with van der Waals surface area (Å²) in [4.78, 5) is 24.0. The first-order valence-electron chi connectivity index (χ1n) is 8.95. The first-order valence-corrected chi connectivity index (χ1v) is 8.95. The summed E-state index contributed by atoms with van der Waals surface area (Å²) in [5.74, 6) is -0.0553. The van der Waals surface area contributed by atoms with E-state index in [-0.39, 0.29) is 24.0 Å². The molecule has 0 aliphatic heterocycles. The van der Waals surface area contributed by atoms with Gasteiger partial charge in [0.2, 0.25) is 5.91 Å². The summed E-state index contributed by atoms with van der Waals surface area (Å²) in [6, 6.07) is 9.23. The summed E-state index contributed by atoms with van der Waals surface area (Å²) >= 11 is 0. The number of rotatable bonds is 8. The lowest BCUT2D eigenvalue weighted by Gasteiger charge is -2.31. The number of hydrogen-bond donors (Lipinski definition) is 2. The normalized spacial score (nSPS) is 20.4. The molecule has 0 radical (unpaired) electrons. The van der Waals surface area contributed by atoms with Crippen molar-refractivity contribution in [2.45, 2.75) is 57.6 Å². The molecule has 2 amide bonds. The van der Waals surface area contributed by atoms with Crippen molar-refractivity contribution in [1.82, 2.24) is 10.6 Å². The zero-order valence-electron chi connectivity index (χ0n) is 14.4. The van der Waals surface area contributed by atoms with E-state index in [0.29, 0.717) is 31.6 Å². The van der Waals surface area contributed by atoms with E-state index in [1.807, 2.05) is 25.1 Å². The molecule has 0 aromatic heterocycles. The van der Waals surface area contributed by atoms with Crippen molar-refractivity contribution < 1.29 is 14.3 Å². The molecule has 1 aromatic rings. The molecule has 2 atom stereocenters. The molecule has 2 N–H and O–H groups in total. The van der Waals surface area contributed by atoms with E-state index >= 15 is 0 Å². The summed E-state index contributed by atoms with van der Waals surface area (Å²) in [6.45, 7) is 3.17. The highest BCUT2D eigenvalue weighted by molar-refractivity contribution is 5.94. The van der Waals surface area contributed by atoms with Crippen molar-refractivity contribution >= 4 is 11.8 Å². The minimum Gasteiger partial charge on any atom is -0.376 e. The van der Waals surface area contributed by atoms with Crippen molar-refractivity contribution in [3.63, 3.8) is 0 Å². The van der Waals surface area contributed by atoms with Gasteiger partial charge in [-0.25, -0.2) is 0 Å². The van der Waals surface area contributed by atoms with Gasteiger partial charge in [-0.3, -0.25) is 9.59 Å². The van der Waals surface area contributed by atoms with Crippen LogP contribution in [0.2, 0.25) is 0 Å². The van der Waals surface area contributed by atoms with Gasteiger partial charge in [-0.05, 0) is 38.3 Å². The average molecular weight is 332 g/mol. The Labute approximate surface area is 144 Å². The van der Waals surface area contributed by atoms with Crippen molar-refractivity contribution in [2.75, 3.05) is 13.2 Å². The maximum atomic E-state index is 12.1. The van der Waals surface area contributed by atoms with Crippen LogP contribution in [0.3, 0.4) is 0 Å². The van der Waals surface area contributed by atoms with Gasteiger partial charge in [0.25, 0.3) is 5.91 Å². The van der Waals surface area contributed by atoms with Gasteiger partial charge in [0, 0.05) is 25.1 Å². The summed E-state index contributed by atoms with van der Waals surface area (Å²) in [5.41, 5.74) is 0.642. The minimum atomic E-state index is -0.0975. The zero-order chi connectivity index (χ0) is 17.2. The molecule has 1 aromatic carbocycles. The number of benzene rings is 1. The Morgan fingerprint density at radius 1 is 1.17 bits per heavy atom. The molecule has 1 saturated carbocycles. The largest absolute Gasteiger partial charge is 0.376 e. The molecule has 0 bridgehead atoms. The van der Waals surface area contributed by atoms with Crippen LogP contribution in [-0.4, -0.2) is 37.1 Å². The smallest absolute Gasteiger partial charge is 0.251 e. The summed E-state index contributed by atoms with van der Waals surface area (Å²) in [5, 5.41) is 5.94. The van der Waals surface area contributed by atoms with E-state index in [2.05, 4.69) is 10.6 Å². The van der Waals surface area contributed by atoms with E-state index in [9.17, 15) is 9.59 Å². The highest BCUT2D eigenvalue weighted by Crippen LogP contribution is 2.21. The number of amides is 2. The van der Waals surface area contributed by atoms with E-state index in [4.69, 9.17) is 4.74 Å². The fraction of sp³-hybridized carbons (Fsp3) is 0.579. The molecule has 1 aliphatic carbocycles. The fourth-order valence-electron chi connectivity index (χ4n) is 3.10. The second-order valence-electron chi connectivity index (χ2n) is 6.18. The first-order chi connectivity index (χ1) is 11.7. The third-order valence-electron chi connectivity index (χ3n) is 4.33. The summed E-state index contributed by atoms with van der Waals surface area (Å²) in [7, 11) is 0. The third kappa shape index (κ3) is 5.96. The Kier molecular flexibility index (Phi) is 7.75. The second-order valence-corrected chi connectivity index (χ2v) is 6.18. The highest BCUT2D eigenvalue weighted by Gasteiger charge is 2.26. The molecule has 0 heterocycles. The maximum absolute atomic E-state index is 12.1. The van der Waals surface area contributed by atoms with Crippen LogP contribution in [0.4, 0.5) is 0 Å². The van der Waals surface area contributed by atoms with Crippen molar-refractivity contribution in [1.29, 1.82) is 0 Å². The van der Waals surface area contributed by atoms with Gasteiger partial charge in [0.1, 0.15) is 0 Å². The Morgan fingerprint density at radius 3 is 2.67 bits per heavy atom. The lowest BCUT2D eigenvalue weighted by Crippen LogP contribution is -2.46. The lowest BCUT2D eigenvalue weighted by molar-refractivity contribution is -0.123. The maximum Gasteiger partial charge on any atom is 0.251 e. The number of carbonyl (C=O) groups is 2. The van der Waals surface area contributed by atoms with Gasteiger partial charge in [-0.2, -0.15) is 0 Å². The molecule has 24 heavy (non-hydrogen) atoms. The number of ether oxygens (including phenoxy) is 1. The molecular weight excluding hydrogens is 304 g/mol. The minimum absolute atomic E-state index is 0.0422. The Morgan fingerprint density at radius 2 is 1.92 bits per heavy atom. The number of nitrogens with one attached hydrogen (secondary N) is 2. The number of carbonyl (C=O) groups excluding carboxylic acids is 2.